The number of hydrogen-bond acceptors (Lipinski definition) is 2. The SMILES string of the molecule is CC(N)C(=O)c1ccc(C(C)C)c(F)c1. The molecule has 0 saturated carbocycles. The molecule has 15 heavy (non-hydrogen) atoms. The number of nitrogens with two attached hydrogens (primary N) is 1. The van der Waals surface area contributed by atoms with Crippen molar-refractivity contribution in [1.82, 2.24) is 0 Å². The van der Waals surface area contributed by atoms with Gasteiger partial charge >= 0.3 is 0 Å². The van der Waals surface area contributed by atoms with Gasteiger partial charge in [0.15, 0.2) is 5.78 Å². The van der Waals surface area contributed by atoms with Gasteiger partial charge in [-0.05, 0) is 24.5 Å². The molecule has 0 saturated heterocycles. The summed E-state index contributed by atoms with van der Waals surface area (Å²) >= 11 is 0. The van der Waals surface area contributed by atoms with Gasteiger partial charge in [0.25, 0.3) is 0 Å². The second-order valence-electron chi connectivity index (χ2n) is 4.04. The molecule has 3 heteroatoms. The molecule has 1 aromatic carbocycles. The Balaban J connectivity index is 3.07. The van der Waals surface area contributed by atoms with Crippen LogP contribution in [0.2, 0.25) is 0 Å². The van der Waals surface area contributed by atoms with Gasteiger partial charge in [-0.2, -0.15) is 0 Å². The summed E-state index contributed by atoms with van der Waals surface area (Å²) in [5.41, 5.74) is 6.41. The number of benzene rings is 1. The van der Waals surface area contributed by atoms with Gasteiger partial charge in [0.1, 0.15) is 5.82 Å². The van der Waals surface area contributed by atoms with Gasteiger partial charge in [0, 0.05) is 5.56 Å². The van der Waals surface area contributed by atoms with Crippen LogP contribution in [0.15, 0.2) is 18.2 Å². The van der Waals surface area contributed by atoms with Gasteiger partial charge in [0.05, 0.1) is 6.04 Å². The number of carbonyl (C=O) groups is 1. The number of Topliss-reactive ketones (excluding diaryl/α,β-unsaturated/α-hetero) is 1. The lowest BCUT2D eigenvalue weighted by Crippen LogP contribution is -2.26. The third kappa shape index (κ3) is 2.63. The molecule has 1 rings (SSSR count). The van der Waals surface area contributed by atoms with Crippen molar-refractivity contribution in [2.24, 2.45) is 5.73 Å². The van der Waals surface area contributed by atoms with Crippen molar-refractivity contribution < 1.29 is 9.18 Å². The van der Waals surface area contributed by atoms with E-state index in [0.717, 1.165) is 0 Å². The van der Waals surface area contributed by atoms with Crippen molar-refractivity contribution >= 4 is 5.78 Å². The molecule has 0 bridgehead atoms. The molecule has 0 aliphatic carbocycles. The molecule has 0 amide bonds. The maximum atomic E-state index is 13.5. The van der Waals surface area contributed by atoms with Crippen LogP contribution in [0.3, 0.4) is 0 Å². The first-order chi connectivity index (χ1) is 6.93. The molecular weight excluding hydrogens is 193 g/mol. The first-order valence-electron chi connectivity index (χ1n) is 5.02. The molecule has 1 atom stereocenters. The molecule has 0 spiro atoms. The van der Waals surface area contributed by atoms with Crippen LogP contribution in [-0.2, 0) is 0 Å². The Morgan fingerprint density at radius 2 is 1.93 bits per heavy atom. The largest absolute Gasteiger partial charge is 0.321 e. The van der Waals surface area contributed by atoms with Crippen LogP contribution in [0.25, 0.3) is 0 Å². The first-order valence-corrected chi connectivity index (χ1v) is 5.02. The molecule has 0 radical (unpaired) electrons. The average molecular weight is 209 g/mol. The zero-order valence-electron chi connectivity index (χ0n) is 9.25. The van der Waals surface area contributed by atoms with Crippen LogP contribution >= 0.6 is 0 Å². The second-order valence-corrected chi connectivity index (χ2v) is 4.04. The smallest absolute Gasteiger partial charge is 0.179 e. The van der Waals surface area contributed by atoms with Crippen LogP contribution in [0.4, 0.5) is 4.39 Å². The van der Waals surface area contributed by atoms with Gasteiger partial charge in [-0.3, -0.25) is 4.79 Å². The Kier molecular flexibility index (Phi) is 3.58. The van der Waals surface area contributed by atoms with Crippen molar-refractivity contribution in [3.8, 4) is 0 Å². The quantitative estimate of drug-likeness (QED) is 0.777. The van der Waals surface area contributed by atoms with E-state index in [9.17, 15) is 9.18 Å². The van der Waals surface area contributed by atoms with E-state index in [1.807, 2.05) is 13.8 Å². The van der Waals surface area contributed by atoms with Crippen molar-refractivity contribution in [3.63, 3.8) is 0 Å². The van der Waals surface area contributed by atoms with Gasteiger partial charge in [0.2, 0.25) is 0 Å². The predicted molar refractivity (Wildman–Crippen MR) is 58.5 cm³/mol. The topological polar surface area (TPSA) is 43.1 Å². The molecule has 0 fully saturated rings. The number of ketones is 1. The third-order valence-corrected chi connectivity index (χ3v) is 2.32. The minimum atomic E-state index is -0.589. The fourth-order valence-electron chi connectivity index (χ4n) is 1.41. The predicted octanol–water partition coefficient (Wildman–Crippen LogP) is 2.48. The molecule has 1 aromatic rings. The zero-order chi connectivity index (χ0) is 11.6. The van der Waals surface area contributed by atoms with Crippen LogP contribution < -0.4 is 5.73 Å². The molecular formula is C12H16FNO. The minimum absolute atomic E-state index is 0.115. The van der Waals surface area contributed by atoms with E-state index < -0.39 is 6.04 Å². The Morgan fingerprint density at radius 3 is 2.33 bits per heavy atom. The van der Waals surface area contributed by atoms with Gasteiger partial charge in [-0.15, -0.1) is 0 Å². The van der Waals surface area contributed by atoms with Crippen molar-refractivity contribution in [2.45, 2.75) is 32.7 Å². The normalized spacial score (nSPS) is 12.9. The average Bonchev–Trinajstić information content (AvgIpc) is 2.15. The second kappa shape index (κ2) is 4.53. The lowest BCUT2D eigenvalue weighted by Gasteiger charge is -2.09. The highest BCUT2D eigenvalue weighted by Gasteiger charge is 2.14. The highest BCUT2D eigenvalue weighted by molar-refractivity contribution is 5.99. The number of halogens is 1. The Labute approximate surface area is 89.3 Å². The summed E-state index contributed by atoms with van der Waals surface area (Å²) in [7, 11) is 0. The molecule has 2 nitrogen and oxygen atoms in total. The van der Waals surface area contributed by atoms with Gasteiger partial charge < -0.3 is 5.73 Å². The maximum absolute atomic E-state index is 13.5. The third-order valence-electron chi connectivity index (χ3n) is 2.32. The van der Waals surface area contributed by atoms with E-state index in [2.05, 4.69) is 0 Å². The molecule has 2 N–H and O–H groups in total. The van der Waals surface area contributed by atoms with Gasteiger partial charge in [-0.1, -0.05) is 26.0 Å². The summed E-state index contributed by atoms with van der Waals surface area (Å²) in [6, 6.07) is 3.95. The van der Waals surface area contributed by atoms with E-state index in [0.29, 0.717) is 11.1 Å². The summed E-state index contributed by atoms with van der Waals surface area (Å²) in [6.07, 6.45) is 0. The van der Waals surface area contributed by atoms with Crippen LogP contribution in [0, 0.1) is 5.82 Å². The summed E-state index contributed by atoms with van der Waals surface area (Å²) in [6.45, 7) is 5.41. The maximum Gasteiger partial charge on any atom is 0.179 e. The Bertz CT molecular complexity index is 372. The Hall–Kier alpha value is -1.22. The first kappa shape index (κ1) is 11.9. The molecule has 0 aromatic heterocycles. The zero-order valence-corrected chi connectivity index (χ0v) is 9.25. The van der Waals surface area contributed by atoms with Crippen LogP contribution in [0.1, 0.15) is 42.6 Å². The van der Waals surface area contributed by atoms with E-state index in [1.54, 1.807) is 19.1 Å². The van der Waals surface area contributed by atoms with E-state index in [4.69, 9.17) is 5.73 Å². The van der Waals surface area contributed by atoms with Crippen molar-refractivity contribution in [3.05, 3.63) is 35.1 Å². The standard InChI is InChI=1S/C12H16FNO/c1-7(2)10-5-4-9(6-11(10)13)12(15)8(3)14/h4-8H,14H2,1-3H3. The van der Waals surface area contributed by atoms with E-state index >= 15 is 0 Å². The molecule has 0 aliphatic heterocycles. The molecule has 1 unspecified atom stereocenters. The molecule has 0 heterocycles. The highest BCUT2D eigenvalue weighted by Crippen LogP contribution is 2.19. The number of hydrogen-bond donors (Lipinski definition) is 1. The fraction of sp³-hybridized carbons (Fsp3) is 0.417. The van der Waals surface area contributed by atoms with E-state index in [-0.39, 0.29) is 17.5 Å². The van der Waals surface area contributed by atoms with Crippen LogP contribution in [0.5, 0.6) is 0 Å². The summed E-state index contributed by atoms with van der Waals surface area (Å²) in [5.74, 6) is -0.454. The summed E-state index contributed by atoms with van der Waals surface area (Å²) < 4.78 is 13.5. The Morgan fingerprint density at radius 1 is 1.33 bits per heavy atom. The highest BCUT2D eigenvalue weighted by atomic mass is 19.1. The van der Waals surface area contributed by atoms with Crippen molar-refractivity contribution in [2.75, 3.05) is 0 Å². The molecule has 0 aliphatic rings. The lowest BCUT2D eigenvalue weighted by atomic mass is 9.98. The summed E-state index contributed by atoms with van der Waals surface area (Å²) in [4.78, 5) is 11.5. The van der Waals surface area contributed by atoms with Crippen LogP contribution in [-0.4, -0.2) is 11.8 Å². The minimum Gasteiger partial charge on any atom is -0.321 e. The monoisotopic (exact) mass is 209 g/mol. The van der Waals surface area contributed by atoms with Gasteiger partial charge in [-0.25, -0.2) is 4.39 Å². The number of carbonyl (C=O) groups excluding carboxylic acids is 1. The summed E-state index contributed by atoms with van der Waals surface area (Å²) in [5, 5.41) is 0. The molecule has 82 valence electrons. The van der Waals surface area contributed by atoms with Crippen molar-refractivity contribution in [1.29, 1.82) is 0 Å². The fourth-order valence-corrected chi connectivity index (χ4v) is 1.41. The number of rotatable bonds is 3. The lowest BCUT2D eigenvalue weighted by molar-refractivity contribution is 0.0967. The van der Waals surface area contributed by atoms with E-state index in [1.165, 1.54) is 6.07 Å².